The Balaban J connectivity index is 1.49. The molecular weight excluding hydrogens is 404 g/mol. The Morgan fingerprint density at radius 1 is 1.20 bits per heavy atom. The molecule has 0 aliphatic heterocycles. The van der Waals surface area contributed by atoms with Crippen LogP contribution in [0.5, 0.6) is 5.75 Å². The predicted octanol–water partition coefficient (Wildman–Crippen LogP) is 2.99. The van der Waals surface area contributed by atoms with E-state index in [1.165, 1.54) is 36.7 Å². The number of carbonyl (C=O) groups excluding carboxylic acids is 2. The minimum Gasteiger partial charge on any atom is -0.423 e. The lowest BCUT2D eigenvalue weighted by Crippen LogP contribution is -2.36. The minimum absolute atomic E-state index is 0.00459. The molecule has 0 saturated heterocycles. The number of carbonyl (C=O) groups is 2. The number of benzene rings is 1. The molecule has 30 heavy (non-hydrogen) atoms. The Kier molecular flexibility index (Phi) is 5.91. The van der Waals surface area contributed by atoms with Crippen molar-refractivity contribution in [2.75, 3.05) is 12.4 Å². The third-order valence-corrected chi connectivity index (χ3v) is 6.01. The summed E-state index contributed by atoms with van der Waals surface area (Å²) in [4.78, 5) is 32.8. The molecule has 1 fully saturated rings. The second kappa shape index (κ2) is 8.76. The zero-order valence-electron chi connectivity index (χ0n) is 16.4. The fourth-order valence-corrected chi connectivity index (χ4v) is 4.41. The largest absolute Gasteiger partial charge is 0.423 e. The number of amides is 1. The Hall–Kier alpha value is -3.04. The van der Waals surface area contributed by atoms with Crippen LogP contribution in [0.25, 0.3) is 10.2 Å². The van der Waals surface area contributed by atoms with Crippen LogP contribution < -0.4 is 15.4 Å². The van der Waals surface area contributed by atoms with Gasteiger partial charge in [0.1, 0.15) is 11.4 Å². The summed E-state index contributed by atoms with van der Waals surface area (Å²) in [7, 11) is 1.51. The quantitative estimate of drug-likeness (QED) is 0.538. The molecule has 2 heterocycles. The van der Waals surface area contributed by atoms with E-state index in [1.807, 2.05) is 0 Å². The summed E-state index contributed by atoms with van der Waals surface area (Å²) in [5.41, 5.74) is 1.32. The maximum absolute atomic E-state index is 12.6. The number of aliphatic hydroxyl groups excluding tert-OH is 1. The van der Waals surface area contributed by atoms with Gasteiger partial charge in [0.2, 0.25) is 0 Å². The Morgan fingerprint density at radius 2 is 2.03 bits per heavy atom. The summed E-state index contributed by atoms with van der Waals surface area (Å²) in [5.74, 6) is -0.648. The van der Waals surface area contributed by atoms with Crippen LogP contribution in [-0.2, 0) is 0 Å². The molecular formula is C21H22N4O4S. The monoisotopic (exact) mass is 426 g/mol. The number of fused-ring (bicyclic) bond motifs is 1. The van der Waals surface area contributed by atoms with Gasteiger partial charge >= 0.3 is 5.97 Å². The highest BCUT2D eigenvalue weighted by atomic mass is 32.1. The van der Waals surface area contributed by atoms with Crippen LogP contribution in [0.15, 0.2) is 36.5 Å². The van der Waals surface area contributed by atoms with E-state index in [1.54, 1.807) is 18.2 Å². The van der Waals surface area contributed by atoms with Gasteiger partial charge in [-0.2, -0.15) is 0 Å². The number of aliphatic hydroxyl groups is 1. The molecule has 0 bridgehead atoms. The highest BCUT2D eigenvalue weighted by molar-refractivity contribution is 7.22. The van der Waals surface area contributed by atoms with Crippen LogP contribution in [0.3, 0.4) is 0 Å². The summed E-state index contributed by atoms with van der Waals surface area (Å²) in [6.07, 6.45) is 4.90. The summed E-state index contributed by atoms with van der Waals surface area (Å²) < 4.78 is 6.25. The summed E-state index contributed by atoms with van der Waals surface area (Å²) in [6, 6.07) is 8.10. The van der Waals surface area contributed by atoms with Crippen molar-refractivity contribution in [3.63, 3.8) is 0 Å². The van der Waals surface area contributed by atoms with Crippen molar-refractivity contribution in [3.8, 4) is 5.75 Å². The fraction of sp³-hybridized carbons (Fsp3) is 0.333. The average molecular weight is 426 g/mol. The van der Waals surface area contributed by atoms with Gasteiger partial charge < -0.3 is 20.5 Å². The molecule has 156 valence electrons. The first-order valence-corrected chi connectivity index (χ1v) is 10.6. The molecule has 1 saturated carbocycles. The highest BCUT2D eigenvalue weighted by Gasteiger charge is 2.24. The average Bonchev–Trinajstić information content (AvgIpc) is 3.16. The van der Waals surface area contributed by atoms with E-state index < -0.39 is 5.97 Å². The third kappa shape index (κ3) is 4.42. The molecule has 3 N–H and O–H groups in total. The topological polar surface area (TPSA) is 113 Å². The van der Waals surface area contributed by atoms with Gasteiger partial charge in [0, 0.05) is 19.3 Å². The maximum Gasteiger partial charge on any atom is 0.343 e. The van der Waals surface area contributed by atoms with Crippen LogP contribution in [-0.4, -0.2) is 46.1 Å². The van der Waals surface area contributed by atoms with Crippen LogP contribution in [0, 0.1) is 0 Å². The van der Waals surface area contributed by atoms with Gasteiger partial charge in [-0.15, -0.1) is 0 Å². The van der Waals surface area contributed by atoms with Crippen molar-refractivity contribution in [2.45, 2.75) is 37.8 Å². The number of anilines is 1. The first-order chi connectivity index (χ1) is 14.5. The molecule has 1 aromatic carbocycles. The standard InChI is InChI=1S/C21H22N4O4S/c1-22-19(27)16-11-13(8-9-23-16)29-20(28)12-6-7-15-18(10-12)30-21(25-15)24-14-4-2-3-5-17(14)26/h6-11,14,17,26H,2-5H2,1H3,(H,22,27)(H,24,25)/t14-,17-/m1/s1. The lowest BCUT2D eigenvalue weighted by molar-refractivity contribution is 0.0733. The summed E-state index contributed by atoms with van der Waals surface area (Å²) in [5, 5.41) is 16.7. The van der Waals surface area contributed by atoms with Crippen LogP contribution in [0.4, 0.5) is 5.13 Å². The van der Waals surface area contributed by atoms with Gasteiger partial charge in [0.05, 0.1) is 27.9 Å². The van der Waals surface area contributed by atoms with Gasteiger partial charge in [-0.3, -0.25) is 9.78 Å². The van der Waals surface area contributed by atoms with Crippen molar-refractivity contribution in [2.24, 2.45) is 0 Å². The molecule has 1 aliphatic rings. The van der Waals surface area contributed by atoms with Crippen molar-refractivity contribution in [3.05, 3.63) is 47.8 Å². The maximum atomic E-state index is 12.6. The zero-order chi connectivity index (χ0) is 21.1. The number of hydrogen-bond donors (Lipinski definition) is 3. The second-order valence-corrected chi connectivity index (χ2v) is 8.18. The number of esters is 1. The van der Waals surface area contributed by atoms with Crippen LogP contribution >= 0.6 is 11.3 Å². The first-order valence-electron chi connectivity index (χ1n) is 9.79. The molecule has 0 radical (unpaired) electrons. The van der Waals surface area contributed by atoms with Crippen molar-refractivity contribution < 1.29 is 19.4 Å². The van der Waals surface area contributed by atoms with Gasteiger partial charge in [-0.05, 0) is 37.1 Å². The lowest BCUT2D eigenvalue weighted by atomic mass is 9.93. The normalized spacial score (nSPS) is 18.7. The first kappa shape index (κ1) is 20.2. The fourth-order valence-electron chi connectivity index (χ4n) is 3.44. The van der Waals surface area contributed by atoms with Crippen molar-refractivity contribution in [1.29, 1.82) is 0 Å². The zero-order valence-corrected chi connectivity index (χ0v) is 17.2. The molecule has 8 nitrogen and oxygen atoms in total. The predicted molar refractivity (Wildman–Crippen MR) is 114 cm³/mol. The Bertz CT molecular complexity index is 1080. The molecule has 2 atom stereocenters. The molecule has 0 spiro atoms. The van der Waals surface area contributed by atoms with E-state index in [0.717, 1.165) is 41.0 Å². The van der Waals surface area contributed by atoms with Crippen LogP contribution in [0.1, 0.15) is 46.5 Å². The van der Waals surface area contributed by atoms with E-state index in [9.17, 15) is 14.7 Å². The molecule has 4 rings (SSSR count). The SMILES string of the molecule is CNC(=O)c1cc(OC(=O)c2ccc3nc(N[C@@H]4CCCC[C@H]4O)sc3c2)ccn1. The molecule has 1 aliphatic carbocycles. The highest BCUT2D eigenvalue weighted by Crippen LogP contribution is 2.30. The van der Waals surface area contributed by atoms with Gasteiger partial charge in [0.25, 0.3) is 5.91 Å². The summed E-state index contributed by atoms with van der Waals surface area (Å²) in [6.45, 7) is 0. The number of pyridine rings is 1. The number of nitrogens with zero attached hydrogens (tertiary/aromatic N) is 2. The van der Waals surface area contributed by atoms with E-state index in [-0.39, 0.29) is 29.5 Å². The number of nitrogens with one attached hydrogen (secondary N) is 2. The molecule has 1 amide bonds. The van der Waals surface area contributed by atoms with Gasteiger partial charge in [-0.1, -0.05) is 24.2 Å². The van der Waals surface area contributed by atoms with E-state index in [0.29, 0.717) is 5.56 Å². The molecule has 9 heteroatoms. The van der Waals surface area contributed by atoms with Crippen LogP contribution in [0.2, 0.25) is 0 Å². The molecule has 3 aromatic rings. The number of hydrogen-bond acceptors (Lipinski definition) is 8. The number of thiazole rings is 1. The third-order valence-electron chi connectivity index (χ3n) is 5.06. The van der Waals surface area contributed by atoms with E-state index in [2.05, 4.69) is 20.6 Å². The lowest BCUT2D eigenvalue weighted by Gasteiger charge is -2.27. The van der Waals surface area contributed by atoms with Crippen molar-refractivity contribution in [1.82, 2.24) is 15.3 Å². The Morgan fingerprint density at radius 3 is 2.83 bits per heavy atom. The number of aromatic nitrogens is 2. The van der Waals surface area contributed by atoms with Crippen molar-refractivity contribution >= 4 is 38.6 Å². The molecule has 0 unspecified atom stereocenters. The number of ether oxygens (including phenoxy) is 1. The summed E-state index contributed by atoms with van der Waals surface area (Å²) >= 11 is 1.44. The van der Waals surface area contributed by atoms with Gasteiger partial charge in [-0.25, -0.2) is 9.78 Å². The smallest absolute Gasteiger partial charge is 0.343 e. The number of rotatable bonds is 5. The van der Waals surface area contributed by atoms with Gasteiger partial charge in [0.15, 0.2) is 5.13 Å². The van der Waals surface area contributed by atoms with E-state index >= 15 is 0 Å². The minimum atomic E-state index is -0.531. The molecule has 2 aromatic heterocycles. The van der Waals surface area contributed by atoms with E-state index in [4.69, 9.17) is 4.74 Å². The Labute approximate surface area is 177 Å². The second-order valence-electron chi connectivity index (χ2n) is 7.15.